The van der Waals surface area contributed by atoms with Gasteiger partial charge in [-0.1, -0.05) is 57.9 Å². The van der Waals surface area contributed by atoms with Gasteiger partial charge in [0.2, 0.25) is 17.7 Å². The van der Waals surface area contributed by atoms with E-state index in [0.29, 0.717) is 35.8 Å². The van der Waals surface area contributed by atoms with Crippen molar-refractivity contribution in [1.82, 2.24) is 25.9 Å². The van der Waals surface area contributed by atoms with E-state index in [2.05, 4.69) is 26.1 Å². The topological polar surface area (TPSA) is 212 Å². The van der Waals surface area contributed by atoms with Crippen molar-refractivity contribution in [3.05, 3.63) is 143 Å². The molecule has 1 saturated heterocycles. The summed E-state index contributed by atoms with van der Waals surface area (Å²) >= 11 is 3.04. The first kappa shape index (κ1) is 53.7. The first-order valence-corrected chi connectivity index (χ1v) is 26.7. The number of thiophene rings is 1. The van der Waals surface area contributed by atoms with Gasteiger partial charge in [-0.2, -0.15) is 5.10 Å². The van der Waals surface area contributed by atoms with E-state index in [9.17, 15) is 34.5 Å². The van der Waals surface area contributed by atoms with Crippen molar-refractivity contribution >= 4 is 62.6 Å². The Morgan fingerprint density at radius 3 is 2.19 bits per heavy atom. The Morgan fingerprint density at radius 1 is 0.827 bits per heavy atom. The fourth-order valence-corrected chi connectivity index (χ4v) is 10.8. The van der Waals surface area contributed by atoms with Crippen molar-refractivity contribution < 1.29 is 44.0 Å². The number of benzene rings is 5. The molecular weight excluding hydrogens is 989 g/mol. The summed E-state index contributed by atoms with van der Waals surface area (Å²) in [6, 6.07) is 31.8. The average molecular weight is 1050 g/mol. The Bertz CT molecular complexity index is 3130. The van der Waals surface area contributed by atoms with Crippen LogP contribution in [0.3, 0.4) is 0 Å². The van der Waals surface area contributed by atoms with Gasteiger partial charge in [-0.15, -0.1) is 22.7 Å². The number of unbranched alkanes of at least 4 members (excludes halogenated alkanes) is 3. The minimum absolute atomic E-state index is 0.00320. The van der Waals surface area contributed by atoms with Crippen molar-refractivity contribution in [2.45, 2.75) is 97.4 Å². The number of aryl methyl sites for hydroxylation is 1. The number of carbonyl (C=O) groups is 4. The highest BCUT2D eigenvalue weighted by Gasteiger charge is 2.44. The Kier molecular flexibility index (Phi) is 17.3. The lowest BCUT2D eigenvalue weighted by molar-refractivity contribution is -0.144. The lowest BCUT2D eigenvalue weighted by Crippen LogP contribution is -2.57. The molecule has 3 heterocycles. The summed E-state index contributed by atoms with van der Waals surface area (Å²) < 4.78 is 13.1. The molecule has 4 atom stereocenters. The number of aliphatic hydroxyl groups is 1. The van der Waals surface area contributed by atoms with Crippen LogP contribution in [0.2, 0.25) is 0 Å². The molecule has 7 aromatic rings. The number of nitrogens with zero attached hydrogens (tertiary/aromatic N) is 3. The zero-order valence-electron chi connectivity index (χ0n) is 42.5. The van der Waals surface area contributed by atoms with Crippen molar-refractivity contribution in [3.8, 4) is 49.6 Å². The van der Waals surface area contributed by atoms with Crippen molar-refractivity contribution in [2.75, 3.05) is 13.2 Å². The van der Waals surface area contributed by atoms with Crippen LogP contribution >= 0.6 is 22.7 Å². The van der Waals surface area contributed by atoms with Gasteiger partial charge >= 0.3 is 0 Å². The van der Waals surface area contributed by atoms with Gasteiger partial charge in [0.25, 0.3) is 5.91 Å². The molecule has 390 valence electrons. The number of amides is 4. The van der Waals surface area contributed by atoms with E-state index < -0.39 is 35.4 Å². The lowest BCUT2D eigenvalue weighted by Gasteiger charge is -2.35. The molecule has 1 aliphatic rings. The maximum atomic E-state index is 14.1. The van der Waals surface area contributed by atoms with Crippen LogP contribution in [0.25, 0.3) is 31.0 Å². The molecule has 0 radical (unpaired) electrons. The summed E-state index contributed by atoms with van der Waals surface area (Å²) in [5, 5.41) is 41.5. The maximum Gasteiger partial charge on any atom is 0.271 e. The third-order valence-electron chi connectivity index (χ3n) is 13.0. The van der Waals surface area contributed by atoms with E-state index in [4.69, 9.17) is 9.47 Å². The van der Waals surface area contributed by atoms with Gasteiger partial charge in [-0.05, 0) is 145 Å². The lowest BCUT2D eigenvalue weighted by atomic mass is 9.85. The summed E-state index contributed by atoms with van der Waals surface area (Å²) in [5.74, 6) is 0.708. The molecule has 75 heavy (non-hydrogen) atoms. The number of β-amino-alcohol motifs (C(OH)–C–C–N with tert-alkyl or cyclic N) is 1. The summed E-state index contributed by atoms with van der Waals surface area (Å²) in [5.41, 5.74) is 8.63. The number of ether oxygens (including phenoxy) is 2. The Labute approximate surface area is 444 Å². The van der Waals surface area contributed by atoms with E-state index in [-0.39, 0.29) is 48.7 Å². The fourth-order valence-electron chi connectivity index (χ4n) is 8.82. The molecule has 1 fully saturated rings. The number of aromatic hydroxyl groups is 2. The number of aromatic nitrogens is 1. The normalized spacial score (nSPS) is 15.4. The molecular formula is C58H62N6O9S2. The second kappa shape index (κ2) is 24.2. The number of nitrogens with one attached hydrogen (secondary N) is 3. The zero-order valence-corrected chi connectivity index (χ0v) is 44.2. The quantitative estimate of drug-likeness (QED) is 0.0241. The highest BCUT2D eigenvalue weighted by Crippen LogP contribution is 2.47. The molecule has 4 unspecified atom stereocenters. The van der Waals surface area contributed by atoms with Gasteiger partial charge in [0, 0.05) is 35.0 Å². The number of likely N-dealkylation sites (tertiary alicyclic amines) is 1. The maximum absolute atomic E-state index is 14.1. The van der Waals surface area contributed by atoms with Crippen LogP contribution in [-0.4, -0.2) is 86.4 Å². The van der Waals surface area contributed by atoms with Crippen LogP contribution in [0.15, 0.2) is 126 Å². The molecule has 4 amide bonds. The summed E-state index contributed by atoms with van der Waals surface area (Å²) in [6.07, 6.45) is 4.06. The molecule has 15 nitrogen and oxygen atoms in total. The number of thiazole rings is 1. The van der Waals surface area contributed by atoms with Crippen LogP contribution in [0.1, 0.15) is 99.4 Å². The van der Waals surface area contributed by atoms with Crippen LogP contribution in [-0.2, 0) is 14.4 Å². The predicted octanol–water partition coefficient (Wildman–Crippen LogP) is 10.7. The zero-order chi connectivity index (χ0) is 53.2. The SMILES string of the molecule is Cc1ncsc1-c1ccc(C(C)NC(=O)C2CC(O)CN2C(=O)C(NC(=O)CCCCCCOc2ccc(C=NNC(=O)c3ccc(Oc4c(-c5ccc(O)cc5)sc5cc(O)ccc45)cc3)cc2)C(C)(C)C)cc1. The molecule has 5 aromatic carbocycles. The third-order valence-corrected chi connectivity index (χ3v) is 15.1. The molecule has 17 heteroatoms. The number of hydrogen-bond acceptors (Lipinski definition) is 13. The molecule has 1 aliphatic heterocycles. The molecule has 0 spiro atoms. The largest absolute Gasteiger partial charge is 0.508 e. The van der Waals surface area contributed by atoms with E-state index in [1.807, 2.05) is 88.7 Å². The van der Waals surface area contributed by atoms with Gasteiger partial charge in [0.1, 0.15) is 35.1 Å². The van der Waals surface area contributed by atoms with Gasteiger partial charge < -0.3 is 40.3 Å². The van der Waals surface area contributed by atoms with E-state index in [1.54, 1.807) is 84.3 Å². The number of rotatable bonds is 20. The van der Waals surface area contributed by atoms with Crippen LogP contribution in [0.4, 0.5) is 0 Å². The van der Waals surface area contributed by atoms with Crippen molar-refractivity contribution in [2.24, 2.45) is 10.5 Å². The minimum Gasteiger partial charge on any atom is -0.508 e. The number of hydrazone groups is 1. The monoisotopic (exact) mass is 1050 g/mol. The van der Waals surface area contributed by atoms with Gasteiger partial charge in [-0.3, -0.25) is 19.2 Å². The molecule has 8 rings (SSSR count). The first-order valence-electron chi connectivity index (χ1n) is 25.0. The van der Waals surface area contributed by atoms with Crippen LogP contribution in [0.5, 0.6) is 28.7 Å². The van der Waals surface area contributed by atoms with E-state index >= 15 is 0 Å². The number of carbonyl (C=O) groups excluding carboxylic acids is 4. The summed E-state index contributed by atoms with van der Waals surface area (Å²) in [4.78, 5) is 61.6. The molecule has 0 saturated carbocycles. The Hall–Kier alpha value is -7.60. The molecule has 0 aliphatic carbocycles. The second-order valence-electron chi connectivity index (χ2n) is 19.8. The van der Waals surface area contributed by atoms with Crippen molar-refractivity contribution in [3.63, 3.8) is 0 Å². The van der Waals surface area contributed by atoms with Crippen LogP contribution in [0, 0.1) is 12.3 Å². The summed E-state index contributed by atoms with van der Waals surface area (Å²) in [7, 11) is 0. The highest BCUT2D eigenvalue weighted by molar-refractivity contribution is 7.22. The second-order valence-corrected chi connectivity index (χ2v) is 21.7. The van der Waals surface area contributed by atoms with Crippen LogP contribution < -0.4 is 25.5 Å². The fraction of sp³-hybridized carbons (Fsp3) is 0.310. The predicted molar refractivity (Wildman–Crippen MR) is 294 cm³/mol. The number of fused-ring (bicyclic) bond motifs is 1. The number of aliphatic hydroxyl groups excluding tert-OH is 1. The van der Waals surface area contributed by atoms with Gasteiger partial charge in [0.05, 0.1) is 45.9 Å². The minimum atomic E-state index is -0.895. The summed E-state index contributed by atoms with van der Waals surface area (Å²) in [6.45, 7) is 9.97. The first-order chi connectivity index (χ1) is 36.0. The third kappa shape index (κ3) is 13.8. The average Bonchev–Trinajstić information content (AvgIpc) is 4.12. The standard InChI is InChI=1S/C58H62N6O9S2/c1-35(38-13-15-39(16-14-38)52-36(2)59-34-74-52)61-56(70)48-30-44(67)33-64(48)57(71)54(58(3,4)5)62-50(68)10-8-6-7-9-29-72-45-24-11-37(12-25-45)32-60-63-55(69)41-19-26-46(27-20-41)73-51-47-28-23-43(66)31-49(47)75-53(51)40-17-21-42(65)22-18-40/h11-28,31-32,34-35,44,48,54,65-67H,6-10,29-30,33H2,1-5H3,(H,61,70)(H,62,68)(H,63,69). The Balaban J connectivity index is 0.733. The molecule has 6 N–H and O–H groups in total. The molecule has 0 bridgehead atoms. The molecule has 2 aromatic heterocycles. The van der Waals surface area contributed by atoms with Gasteiger partial charge in [0.15, 0.2) is 5.75 Å². The Morgan fingerprint density at radius 2 is 1.49 bits per heavy atom. The smallest absolute Gasteiger partial charge is 0.271 e. The van der Waals surface area contributed by atoms with Crippen molar-refractivity contribution in [1.29, 1.82) is 0 Å². The number of phenols is 2. The number of hydrogen-bond donors (Lipinski definition) is 6. The number of phenolic OH excluding ortho intramolecular Hbond substituents is 2. The van der Waals surface area contributed by atoms with E-state index in [1.165, 1.54) is 16.2 Å². The van der Waals surface area contributed by atoms with Gasteiger partial charge in [-0.25, -0.2) is 10.4 Å². The highest BCUT2D eigenvalue weighted by atomic mass is 32.1. The van der Waals surface area contributed by atoms with E-state index in [0.717, 1.165) is 67.1 Å².